The largest absolute Gasteiger partial charge is 0.495 e. The predicted octanol–water partition coefficient (Wildman–Crippen LogP) is 4.60. The van der Waals surface area contributed by atoms with Gasteiger partial charge in [-0.15, -0.1) is 0 Å². The molecule has 1 aromatic rings. The van der Waals surface area contributed by atoms with Gasteiger partial charge in [0.2, 0.25) is 0 Å². The van der Waals surface area contributed by atoms with E-state index in [1.54, 1.807) is 19.2 Å². The lowest BCUT2D eigenvalue weighted by Gasteiger charge is -2.19. The first-order chi connectivity index (χ1) is 8.33. The van der Waals surface area contributed by atoms with Crippen molar-refractivity contribution in [3.63, 3.8) is 0 Å². The molecule has 0 aliphatic heterocycles. The smallest absolute Gasteiger partial charge is 0.137 e. The summed E-state index contributed by atoms with van der Waals surface area (Å²) in [7, 11) is 1.58. The van der Waals surface area contributed by atoms with E-state index in [9.17, 15) is 5.11 Å². The summed E-state index contributed by atoms with van der Waals surface area (Å²) in [5.41, 5.74) is 1.17. The molecule has 1 aromatic carbocycles. The predicted molar refractivity (Wildman–Crippen MR) is 76.3 cm³/mol. The summed E-state index contributed by atoms with van der Waals surface area (Å²) < 4.78 is 5.09. The lowest BCUT2D eigenvalue weighted by Crippen LogP contribution is -2.06. The van der Waals surface area contributed by atoms with Crippen molar-refractivity contribution in [2.75, 3.05) is 7.11 Å². The quantitative estimate of drug-likeness (QED) is 0.847. The Morgan fingerprint density at radius 2 is 2.00 bits per heavy atom. The third kappa shape index (κ3) is 4.87. The number of aliphatic hydroxyl groups excluding tert-OH is 1. The maximum absolute atomic E-state index is 10.1. The number of aliphatic hydroxyl groups is 1. The number of ether oxygens (including phenoxy) is 1. The van der Waals surface area contributed by atoms with Gasteiger partial charge in [0.25, 0.3) is 0 Å². The molecule has 0 heterocycles. The van der Waals surface area contributed by atoms with Gasteiger partial charge in [-0.05, 0) is 36.0 Å². The molecule has 1 N–H and O–H groups in total. The van der Waals surface area contributed by atoms with Crippen molar-refractivity contribution in [1.82, 2.24) is 0 Å². The van der Waals surface area contributed by atoms with Crippen LogP contribution in [-0.2, 0) is 0 Å². The zero-order valence-electron chi connectivity index (χ0n) is 11.7. The van der Waals surface area contributed by atoms with E-state index in [2.05, 4.69) is 20.8 Å². The second kappa shape index (κ2) is 6.44. The molecule has 0 aromatic heterocycles. The average molecular weight is 271 g/mol. The van der Waals surface area contributed by atoms with Crippen LogP contribution in [0.4, 0.5) is 0 Å². The lowest BCUT2D eigenvalue weighted by atomic mass is 9.88. The van der Waals surface area contributed by atoms with Crippen molar-refractivity contribution in [3.8, 4) is 5.75 Å². The molecule has 18 heavy (non-hydrogen) atoms. The van der Waals surface area contributed by atoms with Crippen molar-refractivity contribution in [2.45, 2.75) is 46.1 Å². The number of methoxy groups -OCH3 is 1. The van der Waals surface area contributed by atoms with Crippen LogP contribution in [0.25, 0.3) is 0 Å². The van der Waals surface area contributed by atoms with Crippen molar-refractivity contribution in [3.05, 3.63) is 28.8 Å². The first-order valence-corrected chi connectivity index (χ1v) is 6.73. The monoisotopic (exact) mass is 270 g/mol. The zero-order valence-corrected chi connectivity index (χ0v) is 12.4. The van der Waals surface area contributed by atoms with Crippen LogP contribution in [0.1, 0.15) is 51.7 Å². The Kier molecular flexibility index (Phi) is 5.48. The van der Waals surface area contributed by atoms with Crippen LogP contribution in [0.15, 0.2) is 18.2 Å². The fourth-order valence-corrected chi connectivity index (χ4v) is 2.15. The Labute approximate surface area is 115 Å². The summed E-state index contributed by atoms with van der Waals surface area (Å²) in [5.74, 6) is 0.641. The topological polar surface area (TPSA) is 29.5 Å². The van der Waals surface area contributed by atoms with E-state index in [1.165, 1.54) is 0 Å². The number of rotatable bonds is 5. The van der Waals surface area contributed by atoms with E-state index < -0.39 is 6.10 Å². The van der Waals surface area contributed by atoms with Gasteiger partial charge in [0.15, 0.2) is 0 Å². The van der Waals surface area contributed by atoms with E-state index >= 15 is 0 Å². The summed E-state index contributed by atoms with van der Waals surface area (Å²) in [6.45, 7) is 6.64. The number of hydrogen-bond donors (Lipinski definition) is 1. The molecule has 1 atom stereocenters. The minimum atomic E-state index is -0.448. The van der Waals surface area contributed by atoms with E-state index in [-0.39, 0.29) is 0 Å². The van der Waals surface area contributed by atoms with Crippen molar-refractivity contribution in [1.29, 1.82) is 0 Å². The molecule has 1 unspecified atom stereocenters. The second-order valence-electron chi connectivity index (χ2n) is 5.86. The number of benzene rings is 1. The Morgan fingerprint density at radius 1 is 1.33 bits per heavy atom. The Morgan fingerprint density at radius 3 is 2.50 bits per heavy atom. The fourth-order valence-electron chi connectivity index (χ4n) is 1.88. The minimum Gasteiger partial charge on any atom is -0.495 e. The van der Waals surface area contributed by atoms with Crippen LogP contribution in [0, 0.1) is 5.41 Å². The average Bonchev–Trinajstić information content (AvgIpc) is 2.27. The maximum Gasteiger partial charge on any atom is 0.137 e. The molecule has 0 spiro atoms. The minimum absolute atomic E-state index is 0.317. The van der Waals surface area contributed by atoms with Crippen molar-refractivity contribution in [2.24, 2.45) is 5.41 Å². The van der Waals surface area contributed by atoms with Crippen molar-refractivity contribution < 1.29 is 9.84 Å². The van der Waals surface area contributed by atoms with Gasteiger partial charge in [-0.3, -0.25) is 0 Å². The van der Waals surface area contributed by atoms with Crippen LogP contribution >= 0.6 is 11.6 Å². The van der Waals surface area contributed by atoms with Crippen LogP contribution in [0.3, 0.4) is 0 Å². The van der Waals surface area contributed by atoms with Gasteiger partial charge in [0, 0.05) is 0 Å². The summed E-state index contributed by atoms with van der Waals surface area (Å²) >= 11 is 6.04. The summed E-state index contributed by atoms with van der Waals surface area (Å²) in [6.07, 6.45) is 2.43. The molecule has 0 radical (unpaired) electrons. The molecule has 0 saturated carbocycles. The van der Waals surface area contributed by atoms with Crippen LogP contribution in [0.5, 0.6) is 5.75 Å². The maximum atomic E-state index is 10.1. The highest BCUT2D eigenvalue weighted by atomic mass is 35.5. The SMILES string of the molecule is COc1ccc(C(O)CCCC(C)(C)C)cc1Cl. The standard InChI is InChI=1S/C15H23ClO2/c1-15(2,3)9-5-6-13(17)11-7-8-14(18-4)12(16)10-11/h7-8,10,13,17H,5-6,9H2,1-4H3. The molecular formula is C15H23ClO2. The van der Waals surface area contributed by atoms with Gasteiger partial charge < -0.3 is 9.84 Å². The van der Waals surface area contributed by atoms with E-state index in [1.807, 2.05) is 6.07 Å². The Hall–Kier alpha value is -0.730. The first kappa shape index (κ1) is 15.3. The normalized spacial score (nSPS) is 13.4. The third-order valence-corrected chi connectivity index (χ3v) is 3.26. The highest BCUT2D eigenvalue weighted by Crippen LogP contribution is 2.30. The third-order valence-electron chi connectivity index (χ3n) is 2.96. The second-order valence-corrected chi connectivity index (χ2v) is 6.27. The van der Waals surface area contributed by atoms with Crippen LogP contribution < -0.4 is 4.74 Å². The molecule has 0 fully saturated rings. The number of halogens is 1. The molecule has 0 aliphatic rings. The molecule has 1 rings (SSSR count). The van der Waals surface area contributed by atoms with E-state index in [0.717, 1.165) is 24.8 Å². The summed E-state index contributed by atoms with van der Waals surface area (Å²) in [6, 6.07) is 5.44. The lowest BCUT2D eigenvalue weighted by molar-refractivity contribution is 0.158. The van der Waals surface area contributed by atoms with Gasteiger partial charge in [-0.1, -0.05) is 44.9 Å². The molecule has 3 heteroatoms. The molecule has 0 saturated heterocycles. The van der Waals surface area contributed by atoms with E-state index in [4.69, 9.17) is 16.3 Å². The first-order valence-electron chi connectivity index (χ1n) is 6.35. The molecule has 2 nitrogen and oxygen atoms in total. The van der Waals surface area contributed by atoms with Gasteiger partial charge in [0.05, 0.1) is 18.2 Å². The van der Waals surface area contributed by atoms with Gasteiger partial charge >= 0.3 is 0 Å². The summed E-state index contributed by atoms with van der Waals surface area (Å²) in [5, 5.41) is 10.7. The van der Waals surface area contributed by atoms with Crippen LogP contribution in [0.2, 0.25) is 5.02 Å². The Balaban J connectivity index is 2.56. The highest BCUT2D eigenvalue weighted by molar-refractivity contribution is 6.32. The molecule has 0 aliphatic carbocycles. The summed E-state index contributed by atoms with van der Waals surface area (Å²) in [4.78, 5) is 0. The molecule has 0 bridgehead atoms. The van der Waals surface area contributed by atoms with Gasteiger partial charge in [-0.2, -0.15) is 0 Å². The number of hydrogen-bond acceptors (Lipinski definition) is 2. The molecule has 102 valence electrons. The highest BCUT2D eigenvalue weighted by Gasteiger charge is 2.13. The van der Waals surface area contributed by atoms with Crippen molar-refractivity contribution >= 4 is 11.6 Å². The molecular weight excluding hydrogens is 248 g/mol. The molecule has 0 amide bonds. The van der Waals surface area contributed by atoms with Crippen LogP contribution in [-0.4, -0.2) is 12.2 Å². The van der Waals surface area contributed by atoms with Gasteiger partial charge in [-0.25, -0.2) is 0 Å². The zero-order chi connectivity index (χ0) is 13.8. The van der Waals surface area contributed by atoms with Gasteiger partial charge in [0.1, 0.15) is 5.75 Å². The Bertz CT molecular complexity index is 383. The van der Waals surface area contributed by atoms with E-state index in [0.29, 0.717) is 16.2 Å². The fraction of sp³-hybridized carbons (Fsp3) is 0.600.